The van der Waals surface area contributed by atoms with E-state index in [4.69, 9.17) is 32.7 Å². The van der Waals surface area contributed by atoms with Gasteiger partial charge in [0.05, 0.1) is 24.4 Å². The zero-order chi connectivity index (χ0) is 25.6. The van der Waals surface area contributed by atoms with Crippen molar-refractivity contribution in [2.75, 3.05) is 18.3 Å². The highest BCUT2D eigenvalue weighted by Crippen LogP contribution is 2.37. The van der Waals surface area contributed by atoms with Crippen molar-refractivity contribution in [3.63, 3.8) is 0 Å². The van der Waals surface area contributed by atoms with Crippen LogP contribution >= 0.6 is 35.0 Å². The smallest absolute Gasteiger partial charge is 0.230 e. The van der Waals surface area contributed by atoms with Gasteiger partial charge < -0.3 is 20.2 Å². The summed E-state index contributed by atoms with van der Waals surface area (Å²) in [6.45, 7) is 8.41. The molecule has 0 aliphatic heterocycles. The second-order valence-corrected chi connectivity index (χ2v) is 10.6. The second-order valence-electron chi connectivity index (χ2n) is 8.81. The van der Waals surface area contributed by atoms with E-state index in [2.05, 4.69) is 20.9 Å². The van der Waals surface area contributed by atoms with Crippen LogP contribution in [0.1, 0.15) is 37.7 Å². The van der Waals surface area contributed by atoms with E-state index in [1.54, 1.807) is 11.8 Å². The number of amides is 1. The van der Waals surface area contributed by atoms with Crippen LogP contribution in [0.5, 0.6) is 11.5 Å². The molecule has 2 N–H and O–H groups in total. The predicted molar refractivity (Wildman–Crippen MR) is 140 cm³/mol. The molecule has 0 aliphatic rings. The standard InChI is InChI=1S/C24H29Cl2N5O3S/c1-15-29-30-23(35-14-21(32)28-24(2,3)4)31(15)27-12-17-10-19(26)22(20(11-17)33-5)34-13-16-6-8-18(25)9-7-16/h6-11,27H,12-14H2,1-5H3,(H,28,32). The zero-order valence-electron chi connectivity index (χ0n) is 20.3. The van der Waals surface area contributed by atoms with Gasteiger partial charge in [0.1, 0.15) is 12.4 Å². The number of carbonyl (C=O) groups excluding carboxylic acids is 1. The summed E-state index contributed by atoms with van der Waals surface area (Å²) < 4.78 is 13.2. The maximum atomic E-state index is 12.2. The fraction of sp³-hybridized carbons (Fsp3) is 0.375. The Bertz CT molecular complexity index is 1160. The van der Waals surface area contributed by atoms with E-state index in [-0.39, 0.29) is 17.2 Å². The SMILES string of the molecule is COc1cc(CNn2c(C)nnc2SCC(=O)NC(C)(C)C)cc(Cl)c1OCc1ccc(Cl)cc1. The van der Waals surface area contributed by atoms with Crippen LogP contribution in [0.25, 0.3) is 0 Å². The maximum absolute atomic E-state index is 12.2. The van der Waals surface area contributed by atoms with Crippen molar-refractivity contribution < 1.29 is 14.3 Å². The number of hydrogen-bond acceptors (Lipinski definition) is 7. The van der Waals surface area contributed by atoms with Crippen LogP contribution in [0, 0.1) is 6.92 Å². The molecule has 0 atom stereocenters. The van der Waals surface area contributed by atoms with Crippen LogP contribution in [0.15, 0.2) is 41.6 Å². The van der Waals surface area contributed by atoms with Gasteiger partial charge in [0, 0.05) is 10.6 Å². The molecule has 3 rings (SSSR count). The monoisotopic (exact) mass is 537 g/mol. The number of hydrogen-bond donors (Lipinski definition) is 2. The number of aromatic nitrogens is 3. The number of halogens is 2. The molecule has 8 nitrogen and oxygen atoms in total. The Kier molecular flexibility index (Phi) is 9.15. The Morgan fingerprint density at radius 1 is 1.11 bits per heavy atom. The average molecular weight is 539 g/mol. The first-order valence-corrected chi connectivity index (χ1v) is 12.6. The first-order chi connectivity index (χ1) is 16.6. The third-order valence-corrected chi connectivity index (χ3v) is 6.13. The molecule has 0 spiro atoms. The largest absolute Gasteiger partial charge is 0.493 e. The molecule has 0 fully saturated rings. The predicted octanol–water partition coefficient (Wildman–Crippen LogP) is 5.23. The fourth-order valence-electron chi connectivity index (χ4n) is 3.12. The minimum Gasteiger partial charge on any atom is -0.493 e. The minimum atomic E-state index is -0.289. The van der Waals surface area contributed by atoms with E-state index in [1.807, 2.05) is 64.1 Å². The van der Waals surface area contributed by atoms with Crippen LogP contribution in [0.2, 0.25) is 10.0 Å². The molecule has 0 bridgehead atoms. The van der Waals surface area contributed by atoms with Crippen LogP contribution in [0.3, 0.4) is 0 Å². The third-order valence-electron chi connectivity index (χ3n) is 4.67. The summed E-state index contributed by atoms with van der Waals surface area (Å²) >= 11 is 13.8. The van der Waals surface area contributed by atoms with Crippen LogP contribution in [0.4, 0.5) is 0 Å². The highest BCUT2D eigenvalue weighted by molar-refractivity contribution is 7.99. The topological polar surface area (TPSA) is 90.3 Å². The quantitative estimate of drug-likeness (QED) is 0.342. The minimum absolute atomic E-state index is 0.0691. The fourth-order valence-corrected chi connectivity index (χ4v) is 4.30. The van der Waals surface area contributed by atoms with E-state index in [1.165, 1.54) is 11.8 Å². The van der Waals surface area contributed by atoms with Crippen LogP contribution < -0.4 is 20.2 Å². The second kappa shape index (κ2) is 11.9. The number of aryl methyl sites for hydroxylation is 1. The molecule has 0 radical (unpaired) electrons. The van der Waals surface area contributed by atoms with Crippen molar-refractivity contribution in [3.05, 3.63) is 63.4 Å². The number of benzene rings is 2. The number of rotatable bonds is 10. The van der Waals surface area contributed by atoms with Gasteiger partial charge in [-0.25, -0.2) is 4.68 Å². The molecule has 2 aromatic carbocycles. The lowest BCUT2D eigenvalue weighted by atomic mass is 10.1. The van der Waals surface area contributed by atoms with Gasteiger partial charge in [0.25, 0.3) is 0 Å². The van der Waals surface area contributed by atoms with Gasteiger partial charge in [-0.1, -0.05) is 47.1 Å². The maximum Gasteiger partial charge on any atom is 0.230 e. The van der Waals surface area contributed by atoms with Crippen molar-refractivity contribution in [1.29, 1.82) is 0 Å². The molecule has 188 valence electrons. The lowest BCUT2D eigenvalue weighted by Crippen LogP contribution is -2.41. The highest BCUT2D eigenvalue weighted by atomic mass is 35.5. The molecule has 1 aromatic heterocycles. The van der Waals surface area contributed by atoms with Crippen molar-refractivity contribution in [2.45, 2.75) is 51.5 Å². The van der Waals surface area contributed by atoms with Gasteiger partial charge in [-0.3, -0.25) is 4.79 Å². The van der Waals surface area contributed by atoms with Crippen molar-refractivity contribution in [3.8, 4) is 11.5 Å². The van der Waals surface area contributed by atoms with Gasteiger partial charge in [-0.15, -0.1) is 10.2 Å². The van der Waals surface area contributed by atoms with E-state index < -0.39 is 0 Å². The van der Waals surface area contributed by atoms with E-state index in [0.717, 1.165) is 11.1 Å². The van der Waals surface area contributed by atoms with Gasteiger partial charge >= 0.3 is 0 Å². The Balaban J connectivity index is 1.66. The molecule has 0 saturated carbocycles. The van der Waals surface area contributed by atoms with Gasteiger partial charge in [-0.2, -0.15) is 0 Å². The normalized spacial score (nSPS) is 11.3. The molecular weight excluding hydrogens is 509 g/mol. The molecule has 11 heteroatoms. The number of ether oxygens (including phenoxy) is 2. The molecule has 0 unspecified atom stereocenters. The summed E-state index contributed by atoms with van der Waals surface area (Å²) in [6.07, 6.45) is 0. The highest BCUT2D eigenvalue weighted by Gasteiger charge is 2.17. The molecule has 1 heterocycles. The van der Waals surface area contributed by atoms with E-state index in [9.17, 15) is 4.79 Å². The van der Waals surface area contributed by atoms with Crippen LogP contribution in [-0.4, -0.2) is 39.2 Å². The summed E-state index contributed by atoms with van der Waals surface area (Å²) in [7, 11) is 1.57. The Hall–Kier alpha value is -2.62. The number of methoxy groups -OCH3 is 1. The lowest BCUT2D eigenvalue weighted by Gasteiger charge is -2.20. The van der Waals surface area contributed by atoms with E-state index >= 15 is 0 Å². The first-order valence-electron chi connectivity index (χ1n) is 10.9. The van der Waals surface area contributed by atoms with E-state index in [0.29, 0.717) is 45.7 Å². The number of nitrogens with zero attached hydrogens (tertiary/aromatic N) is 3. The molecule has 3 aromatic rings. The Morgan fingerprint density at radius 2 is 1.83 bits per heavy atom. The summed E-state index contributed by atoms with van der Waals surface area (Å²) in [4.78, 5) is 12.2. The summed E-state index contributed by atoms with van der Waals surface area (Å²) in [5.74, 6) is 1.83. The number of carbonyl (C=O) groups is 1. The number of thioether (sulfide) groups is 1. The third kappa shape index (κ3) is 7.95. The molecular formula is C24H29Cl2N5O3S. The van der Waals surface area contributed by atoms with Gasteiger partial charge in [0.2, 0.25) is 11.1 Å². The van der Waals surface area contributed by atoms with Gasteiger partial charge in [0.15, 0.2) is 11.5 Å². The van der Waals surface area contributed by atoms with Crippen molar-refractivity contribution in [2.24, 2.45) is 0 Å². The Morgan fingerprint density at radius 3 is 2.49 bits per heavy atom. The lowest BCUT2D eigenvalue weighted by molar-refractivity contribution is -0.119. The summed E-state index contributed by atoms with van der Waals surface area (Å²) in [5.41, 5.74) is 4.83. The Labute approximate surface area is 219 Å². The molecule has 0 aliphatic carbocycles. The number of nitrogens with one attached hydrogen (secondary N) is 2. The molecule has 35 heavy (non-hydrogen) atoms. The average Bonchev–Trinajstić information content (AvgIpc) is 3.14. The zero-order valence-corrected chi connectivity index (χ0v) is 22.6. The first kappa shape index (κ1) is 27.0. The van der Waals surface area contributed by atoms with Crippen molar-refractivity contribution >= 4 is 40.9 Å². The molecule has 0 saturated heterocycles. The summed E-state index contributed by atoms with van der Waals surface area (Å²) in [5, 5.41) is 12.9. The van der Waals surface area contributed by atoms with Crippen LogP contribution in [-0.2, 0) is 17.9 Å². The van der Waals surface area contributed by atoms with Crippen molar-refractivity contribution in [1.82, 2.24) is 20.2 Å². The molecule has 1 amide bonds. The van der Waals surface area contributed by atoms with Gasteiger partial charge in [-0.05, 0) is 63.1 Å². The summed E-state index contributed by atoms with van der Waals surface area (Å²) in [6, 6.07) is 11.1.